The summed E-state index contributed by atoms with van der Waals surface area (Å²) in [5.41, 5.74) is 0.228. The number of nitrogens with zero attached hydrogens (tertiary/aromatic N) is 1. The topological polar surface area (TPSA) is 15.3 Å². The lowest BCUT2D eigenvalue weighted by molar-refractivity contribution is 0.0884. The molecule has 0 aromatic carbocycles. The number of terminal acetylenes is 1. The minimum Gasteiger partial charge on any atom is -0.315 e. The van der Waals surface area contributed by atoms with Gasteiger partial charge in [-0.2, -0.15) is 0 Å². The summed E-state index contributed by atoms with van der Waals surface area (Å²) in [7, 11) is 6.35. The average molecular weight is 210 g/mol. The predicted molar refractivity (Wildman–Crippen MR) is 67.9 cm³/mol. The van der Waals surface area contributed by atoms with Crippen LogP contribution in [0.1, 0.15) is 39.5 Å². The van der Waals surface area contributed by atoms with Crippen molar-refractivity contribution in [3.05, 3.63) is 0 Å². The van der Waals surface area contributed by atoms with Crippen molar-refractivity contribution >= 4 is 0 Å². The summed E-state index contributed by atoms with van der Waals surface area (Å²) >= 11 is 0. The van der Waals surface area contributed by atoms with Crippen LogP contribution in [0.2, 0.25) is 0 Å². The molecule has 2 nitrogen and oxygen atoms in total. The molecule has 0 aliphatic rings. The summed E-state index contributed by atoms with van der Waals surface area (Å²) < 4.78 is 0. The van der Waals surface area contributed by atoms with Crippen LogP contribution in [0, 0.1) is 12.3 Å². The first-order chi connectivity index (χ1) is 7.08. The zero-order chi connectivity index (χ0) is 11.9. The Morgan fingerprint density at radius 3 is 2.13 bits per heavy atom. The Kier molecular flexibility index (Phi) is 6.63. The molecule has 1 unspecified atom stereocenters. The zero-order valence-corrected chi connectivity index (χ0v) is 10.9. The molecule has 0 saturated carbocycles. The van der Waals surface area contributed by atoms with Crippen molar-refractivity contribution in [3.63, 3.8) is 0 Å². The second-order valence-corrected chi connectivity index (χ2v) is 4.29. The van der Waals surface area contributed by atoms with Gasteiger partial charge in [-0.1, -0.05) is 13.8 Å². The summed E-state index contributed by atoms with van der Waals surface area (Å²) in [6.07, 6.45) is 9.53. The molecule has 0 aliphatic heterocycles. The Balaban J connectivity index is 4.76. The minimum absolute atomic E-state index is 0.228. The number of hydrogen-bond acceptors (Lipinski definition) is 2. The van der Waals surface area contributed by atoms with E-state index in [0.29, 0.717) is 6.04 Å². The quantitative estimate of drug-likeness (QED) is 0.647. The van der Waals surface area contributed by atoms with Crippen molar-refractivity contribution in [1.82, 2.24) is 10.2 Å². The predicted octanol–water partition coefficient (Wildman–Crippen LogP) is 2.11. The highest BCUT2D eigenvalue weighted by atomic mass is 15.2. The molecular weight excluding hydrogens is 184 g/mol. The molecule has 0 saturated heterocycles. The third kappa shape index (κ3) is 3.22. The molecule has 0 rings (SSSR count). The Hall–Kier alpha value is -0.520. The van der Waals surface area contributed by atoms with Crippen LogP contribution in [0.25, 0.3) is 0 Å². The van der Waals surface area contributed by atoms with E-state index in [9.17, 15) is 0 Å². The van der Waals surface area contributed by atoms with Gasteiger partial charge in [0.15, 0.2) is 0 Å². The highest BCUT2D eigenvalue weighted by Crippen LogP contribution is 2.28. The number of nitrogens with one attached hydrogen (secondary N) is 1. The van der Waals surface area contributed by atoms with E-state index >= 15 is 0 Å². The highest BCUT2D eigenvalue weighted by molar-refractivity contribution is 4.98. The SMILES string of the molecule is C#CCCC(NC)C(CC)(CC)N(C)C. The van der Waals surface area contributed by atoms with E-state index in [1.807, 2.05) is 7.05 Å². The first-order valence-electron chi connectivity index (χ1n) is 5.87. The van der Waals surface area contributed by atoms with E-state index in [4.69, 9.17) is 6.42 Å². The molecule has 0 aromatic rings. The largest absolute Gasteiger partial charge is 0.315 e. The van der Waals surface area contributed by atoms with Gasteiger partial charge >= 0.3 is 0 Å². The van der Waals surface area contributed by atoms with Gasteiger partial charge in [0, 0.05) is 18.0 Å². The van der Waals surface area contributed by atoms with Crippen LogP contribution in [0.15, 0.2) is 0 Å². The first kappa shape index (κ1) is 14.5. The molecule has 0 aliphatic carbocycles. The Bertz CT molecular complexity index is 199. The minimum atomic E-state index is 0.228. The molecule has 0 amide bonds. The third-order valence-corrected chi connectivity index (χ3v) is 3.69. The van der Waals surface area contributed by atoms with Crippen LogP contribution in [0.5, 0.6) is 0 Å². The van der Waals surface area contributed by atoms with Crippen LogP contribution >= 0.6 is 0 Å². The molecule has 0 heterocycles. The first-order valence-corrected chi connectivity index (χ1v) is 5.87. The summed E-state index contributed by atoms with van der Waals surface area (Å²) in [5, 5.41) is 3.42. The van der Waals surface area contributed by atoms with Gasteiger partial charge in [-0.15, -0.1) is 12.3 Å². The van der Waals surface area contributed by atoms with Gasteiger partial charge in [-0.3, -0.25) is 0 Å². The lowest BCUT2D eigenvalue weighted by atomic mass is 9.81. The van der Waals surface area contributed by atoms with E-state index < -0.39 is 0 Å². The fourth-order valence-corrected chi connectivity index (χ4v) is 2.60. The Labute approximate surface area is 95.4 Å². The van der Waals surface area contributed by atoms with Gasteiger partial charge in [0.2, 0.25) is 0 Å². The smallest absolute Gasteiger partial charge is 0.0351 e. The van der Waals surface area contributed by atoms with E-state index in [2.05, 4.69) is 44.1 Å². The third-order valence-electron chi connectivity index (χ3n) is 3.69. The summed E-state index contributed by atoms with van der Waals surface area (Å²) in [6, 6.07) is 0.471. The molecular formula is C13H26N2. The van der Waals surface area contributed by atoms with E-state index in [1.165, 1.54) is 0 Å². The standard InChI is InChI=1S/C13H26N2/c1-7-10-11-12(14-4)13(8-2,9-3)15(5)6/h1,12,14H,8-11H2,2-6H3. The fraction of sp³-hybridized carbons (Fsp3) is 0.846. The maximum absolute atomic E-state index is 5.34. The van der Waals surface area contributed by atoms with Crippen molar-refractivity contribution < 1.29 is 0 Å². The zero-order valence-electron chi connectivity index (χ0n) is 10.9. The molecule has 0 bridgehead atoms. The second kappa shape index (κ2) is 6.87. The lowest BCUT2D eigenvalue weighted by Crippen LogP contribution is -2.57. The fourth-order valence-electron chi connectivity index (χ4n) is 2.60. The van der Waals surface area contributed by atoms with Crippen LogP contribution < -0.4 is 5.32 Å². The molecule has 0 spiro atoms. The van der Waals surface area contributed by atoms with Gasteiger partial charge in [0.25, 0.3) is 0 Å². The summed E-state index contributed by atoms with van der Waals surface area (Å²) in [5.74, 6) is 2.73. The highest BCUT2D eigenvalue weighted by Gasteiger charge is 2.36. The van der Waals surface area contributed by atoms with Crippen molar-refractivity contribution in [1.29, 1.82) is 0 Å². The molecule has 0 fully saturated rings. The molecule has 1 N–H and O–H groups in total. The van der Waals surface area contributed by atoms with Gasteiger partial charge in [0.05, 0.1) is 0 Å². The van der Waals surface area contributed by atoms with Crippen molar-refractivity contribution in [3.8, 4) is 12.3 Å². The second-order valence-electron chi connectivity index (χ2n) is 4.29. The van der Waals surface area contributed by atoms with Crippen molar-refractivity contribution in [2.45, 2.75) is 51.1 Å². The van der Waals surface area contributed by atoms with Gasteiger partial charge in [-0.05, 0) is 40.4 Å². The van der Waals surface area contributed by atoms with Crippen molar-refractivity contribution in [2.75, 3.05) is 21.1 Å². The van der Waals surface area contributed by atoms with Gasteiger partial charge < -0.3 is 10.2 Å². The molecule has 2 heteroatoms. The molecule has 1 atom stereocenters. The maximum Gasteiger partial charge on any atom is 0.0351 e. The van der Waals surface area contributed by atoms with Crippen LogP contribution in [-0.2, 0) is 0 Å². The maximum atomic E-state index is 5.34. The van der Waals surface area contributed by atoms with Crippen LogP contribution in [0.4, 0.5) is 0 Å². The van der Waals surface area contributed by atoms with E-state index in [1.54, 1.807) is 0 Å². The lowest BCUT2D eigenvalue weighted by Gasteiger charge is -2.45. The number of rotatable bonds is 7. The summed E-state index contributed by atoms with van der Waals surface area (Å²) in [6.45, 7) is 4.51. The molecule has 88 valence electrons. The molecule has 0 aromatic heterocycles. The monoisotopic (exact) mass is 210 g/mol. The number of hydrogen-bond donors (Lipinski definition) is 1. The van der Waals surface area contributed by atoms with Crippen LogP contribution in [0.3, 0.4) is 0 Å². The van der Waals surface area contributed by atoms with E-state index in [-0.39, 0.29) is 5.54 Å². The number of likely N-dealkylation sites (N-methyl/N-ethyl adjacent to an activating group) is 2. The Morgan fingerprint density at radius 2 is 1.87 bits per heavy atom. The average Bonchev–Trinajstić information content (AvgIpc) is 2.24. The van der Waals surface area contributed by atoms with Gasteiger partial charge in [0.1, 0.15) is 0 Å². The van der Waals surface area contributed by atoms with Crippen molar-refractivity contribution in [2.24, 2.45) is 0 Å². The normalized spacial score (nSPS) is 13.9. The molecule has 0 radical (unpaired) electrons. The van der Waals surface area contributed by atoms with Crippen LogP contribution in [-0.4, -0.2) is 37.6 Å². The molecule has 15 heavy (non-hydrogen) atoms. The van der Waals surface area contributed by atoms with E-state index in [0.717, 1.165) is 25.7 Å². The van der Waals surface area contributed by atoms with Gasteiger partial charge in [-0.25, -0.2) is 0 Å². The summed E-state index contributed by atoms with van der Waals surface area (Å²) in [4.78, 5) is 2.34. The Morgan fingerprint density at radius 1 is 1.33 bits per heavy atom.